The van der Waals surface area contributed by atoms with Gasteiger partial charge in [-0.2, -0.15) is 0 Å². The SMILES string of the molecule is O=C1CSC(c2ccccc2)N1c1ccc(-c2c3nc(c(-c4ccccc4)c4ccc([nH]4)c(-c4ccccc4)c4nc(c(-c5ccccc5)c5ccc2[nH]5)C=C4)C=C3)cc1. The highest BCUT2D eigenvalue weighted by atomic mass is 32.2. The number of hydrogen-bond donors (Lipinski definition) is 2. The number of hydrogen-bond acceptors (Lipinski definition) is 4. The van der Waals surface area contributed by atoms with Gasteiger partial charge in [0.1, 0.15) is 5.37 Å². The predicted octanol–water partition coefficient (Wildman–Crippen LogP) is 13.1. The number of thioether (sulfide) groups is 1. The van der Waals surface area contributed by atoms with E-state index >= 15 is 0 Å². The molecule has 3 aliphatic rings. The van der Waals surface area contributed by atoms with Crippen molar-refractivity contribution in [2.75, 3.05) is 10.7 Å². The zero-order chi connectivity index (χ0) is 40.0. The standard InChI is InChI=1S/C53H37N5OS/c59-48-33-60-53(38-19-11-4-12-20-38)58(48)39-23-21-37(22-24-39)52-46-31-29-44(56-46)50(35-15-7-2-8-16-35)42-27-25-40(54-42)49(34-13-5-1-6-14-34)41-26-28-43(55-41)51(36-17-9-3-10-18-36)45-30-32-47(52)57-45/h1-32,53-54,57H,33H2. The van der Waals surface area contributed by atoms with Gasteiger partial charge in [0.2, 0.25) is 5.91 Å². The summed E-state index contributed by atoms with van der Waals surface area (Å²) in [5.41, 5.74) is 17.4. The lowest BCUT2D eigenvalue weighted by Gasteiger charge is -2.24. The van der Waals surface area contributed by atoms with E-state index in [4.69, 9.17) is 9.97 Å². The van der Waals surface area contributed by atoms with Gasteiger partial charge in [-0.15, -0.1) is 11.8 Å². The number of carbonyl (C=O) groups is 1. The molecular weight excluding hydrogens is 755 g/mol. The molecule has 8 aromatic rings. The molecule has 1 atom stereocenters. The lowest BCUT2D eigenvalue weighted by molar-refractivity contribution is -0.115. The van der Waals surface area contributed by atoms with Crippen LogP contribution in [0.2, 0.25) is 0 Å². The molecule has 3 aromatic heterocycles. The number of H-pyrrole nitrogens is 2. The normalized spacial score (nSPS) is 14.6. The molecule has 6 nitrogen and oxygen atoms in total. The number of aromatic amines is 2. The summed E-state index contributed by atoms with van der Waals surface area (Å²) >= 11 is 1.66. The molecule has 3 aliphatic heterocycles. The molecule has 11 rings (SSSR count). The number of nitrogens with one attached hydrogen (secondary N) is 2. The van der Waals surface area contributed by atoms with Crippen LogP contribution in [0.5, 0.6) is 0 Å². The van der Waals surface area contributed by atoms with E-state index in [9.17, 15) is 4.79 Å². The Hall–Kier alpha value is -7.48. The molecule has 1 fully saturated rings. The van der Waals surface area contributed by atoms with E-state index in [0.717, 1.165) is 101 Å². The summed E-state index contributed by atoms with van der Waals surface area (Å²) < 4.78 is 0. The molecule has 286 valence electrons. The van der Waals surface area contributed by atoms with E-state index in [-0.39, 0.29) is 11.3 Å². The first-order valence-corrected chi connectivity index (χ1v) is 21.1. The Kier molecular flexibility index (Phi) is 8.94. The van der Waals surface area contributed by atoms with Crippen molar-refractivity contribution >= 4 is 69.7 Å². The highest BCUT2D eigenvalue weighted by molar-refractivity contribution is 8.00. The van der Waals surface area contributed by atoms with Gasteiger partial charge in [0.25, 0.3) is 0 Å². The molecule has 0 aliphatic carbocycles. The fourth-order valence-electron chi connectivity index (χ4n) is 8.59. The average Bonchev–Trinajstić information content (AvgIpc) is 4.17. The number of nitrogens with zero attached hydrogens (tertiary/aromatic N) is 3. The molecule has 0 radical (unpaired) electrons. The molecule has 1 saturated heterocycles. The number of rotatable bonds is 6. The third kappa shape index (κ3) is 6.36. The minimum absolute atomic E-state index is 0.0795. The minimum Gasteiger partial charge on any atom is -0.354 e. The second kappa shape index (κ2) is 15.0. The van der Waals surface area contributed by atoms with E-state index < -0.39 is 0 Å². The molecular formula is C53H37N5OS. The first kappa shape index (κ1) is 35.7. The molecule has 60 heavy (non-hydrogen) atoms. The van der Waals surface area contributed by atoms with Crippen LogP contribution in [-0.4, -0.2) is 31.6 Å². The fourth-order valence-corrected chi connectivity index (χ4v) is 9.77. The highest BCUT2D eigenvalue weighted by Gasteiger charge is 2.34. The van der Waals surface area contributed by atoms with E-state index in [1.165, 1.54) is 0 Å². The molecule has 0 saturated carbocycles. The topological polar surface area (TPSA) is 77.7 Å². The van der Waals surface area contributed by atoms with E-state index in [1.54, 1.807) is 11.8 Å². The number of amides is 1. The first-order chi connectivity index (χ1) is 29.7. The van der Waals surface area contributed by atoms with Crippen LogP contribution in [-0.2, 0) is 4.79 Å². The van der Waals surface area contributed by atoms with Crippen molar-refractivity contribution in [3.8, 4) is 44.5 Å². The van der Waals surface area contributed by atoms with Crippen LogP contribution in [0, 0.1) is 0 Å². The molecule has 0 spiro atoms. The van der Waals surface area contributed by atoms with Gasteiger partial charge in [0, 0.05) is 50.0 Å². The molecule has 8 bridgehead atoms. The van der Waals surface area contributed by atoms with Gasteiger partial charge in [-0.3, -0.25) is 9.69 Å². The summed E-state index contributed by atoms with van der Waals surface area (Å²) in [6, 6.07) is 58.6. The Bertz CT molecular complexity index is 3120. The maximum Gasteiger partial charge on any atom is 0.238 e. The van der Waals surface area contributed by atoms with Crippen molar-refractivity contribution in [1.29, 1.82) is 0 Å². The molecule has 7 heteroatoms. The second-order valence-electron chi connectivity index (χ2n) is 15.0. The van der Waals surface area contributed by atoms with Crippen molar-refractivity contribution < 1.29 is 4.79 Å². The number of carbonyl (C=O) groups excluding carboxylic acids is 1. The lowest BCUT2D eigenvalue weighted by atomic mass is 10.0. The lowest BCUT2D eigenvalue weighted by Crippen LogP contribution is -2.27. The highest BCUT2D eigenvalue weighted by Crippen LogP contribution is 2.43. The van der Waals surface area contributed by atoms with Crippen molar-refractivity contribution in [2.45, 2.75) is 5.37 Å². The van der Waals surface area contributed by atoms with Crippen LogP contribution >= 0.6 is 11.8 Å². The van der Waals surface area contributed by atoms with Crippen LogP contribution in [0.3, 0.4) is 0 Å². The Morgan fingerprint density at radius 1 is 0.433 bits per heavy atom. The monoisotopic (exact) mass is 791 g/mol. The van der Waals surface area contributed by atoms with Crippen LogP contribution in [0.1, 0.15) is 33.7 Å². The van der Waals surface area contributed by atoms with Crippen LogP contribution in [0.25, 0.3) is 90.9 Å². The number of anilines is 1. The van der Waals surface area contributed by atoms with Crippen LogP contribution in [0.4, 0.5) is 5.69 Å². The predicted molar refractivity (Wildman–Crippen MR) is 250 cm³/mol. The van der Waals surface area contributed by atoms with Crippen LogP contribution < -0.4 is 4.90 Å². The number of fused-ring (bicyclic) bond motifs is 8. The Morgan fingerprint density at radius 2 is 0.783 bits per heavy atom. The van der Waals surface area contributed by atoms with E-state index in [2.05, 4.69) is 168 Å². The third-order valence-corrected chi connectivity index (χ3v) is 12.5. The zero-order valence-electron chi connectivity index (χ0n) is 32.4. The first-order valence-electron chi connectivity index (χ1n) is 20.1. The van der Waals surface area contributed by atoms with Crippen molar-refractivity contribution in [3.63, 3.8) is 0 Å². The third-order valence-electron chi connectivity index (χ3n) is 11.3. The van der Waals surface area contributed by atoms with Gasteiger partial charge in [-0.1, -0.05) is 133 Å². The summed E-state index contributed by atoms with van der Waals surface area (Å²) in [5, 5.41) is -0.0795. The quantitative estimate of drug-likeness (QED) is 0.176. The van der Waals surface area contributed by atoms with Gasteiger partial charge in [-0.05, 0) is 88.5 Å². The molecule has 5 aromatic carbocycles. The maximum absolute atomic E-state index is 13.4. The maximum atomic E-state index is 13.4. The summed E-state index contributed by atoms with van der Waals surface area (Å²) in [6.45, 7) is 0. The largest absolute Gasteiger partial charge is 0.354 e. The van der Waals surface area contributed by atoms with E-state index in [0.29, 0.717) is 5.75 Å². The smallest absolute Gasteiger partial charge is 0.238 e. The number of aromatic nitrogens is 4. The summed E-state index contributed by atoms with van der Waals surface area (Å²) in [7, 11) is 0. The molecule has 2 N–H and O–H groups in total. The van der Waals surface area contributed by atoms with Gasteiger partial charge in [0.05, 0.1) is 28.5 Å². The number of benzene rings is 5. The Labute approximate surface area is 351 Å². The second-order valence-corrected chi connectivity index (χ2v) is 16.1. The molecule has 1 unspecified atom stereocenters. The fraction of sp³-hybridized carbons (Fsp3) is 0.0377. The minimum atomic E-state index is -0.0795. The molecule has 1 amide bonds. The Balaban J connectivity index is 1.20. The zero-order valence-corrected chi connectivity index (χ0v) is 33.2. The van der Waals surface area contributed by atoms with Crippen LogP contribution in [0.15, 0.2) is 170 Å². The average molecular weight is 792 g/mol. The van der Waals surface area contributed by atoms with E-state index in [1.807, 2.05) is 41.3 Å². The van der Waals surface area contributed by atoms with Gasteiger partial charge in [0.15, 0.2) is 0 Å². The van der Waals surface area contributed by atoms with Crippen molar-refractivity contribution in [3.05, 3.63) is 198 Å². The summed E-state index contributed by atoms with van der Waals surface area (Å²) in [6.07, 6.45) is 8.48. The van der Waals surface area contributed by atoms with Crippen molar-refractivity contribution in [2.24, 2.45) is 0 Å². The van der Waals surface area contributed by atoms with Gasteiger partial charge < -0.3 is 9.97 Å². The summed E-state index contributed by atoms with van der Waals surface area (Å²) in [5.74, 6) is 0.548. The summed E-state index contributed by atoms with van der Waals surface area (Å²) in [4.78, 5) is 33.8. The Morgan fingerprint density at radius 3 is 1.17 bits per heavy atom. The van der Waals surface area contributed by atoms with Gasteiger partial charge >= 0.3 is 0 Å². The molecule has 6 heterocycles. The van der Waals surface area contributed by atoms with Crippen molar-refractivity contribution in [1.82, 2.24) is 19.9 Å². The van der Waals surface area contributed by atoms with Gasteiger partial charge in [-0.25, -0.2) is 9.97 Å².